The summed E-state index contributed by atoms with van der Waals surface area (Å²) >= 11 is 0. The molecule has 1 aliphatic carbocycles. The zero-order valence-corrected chi connectivity index (χ0v) is 12.0. The summed E-state index contributed by atoms with van der Waals surface area (Å²) in [5.74, 6) is -3.39. The number of carbonyl (C=O) groups is 4. The number of carbonyl (C=O) groups excluding carboxylic acids is 4. The maximum Gasteiger partial charge on any atom is 0.355 e. The van der Waals surface area contributed by atoms with Crippen LogP contribution >= 0.6 is 0 Å². The van der Waals surface area contributed by atoms with Gasteiger partial charge in [-0.3, -0.25) is 4.79 Å². The number of rotatable bonds is 5. The summed E-state index contributed by atoms with van der Waals surface area (Å²) in [5.41, 5.74) is 0. The molecule has 0 aromatic carbocycles. The van der Waals surface area contributed by atoms with Gasteiger partial charge in [0.15, 0.2) is 0 Å². The van der Waals surface area contributed by atoms with Gasteiger partial charge in [0.2, 0.25) is 6.10 Å². The molecule has 1 rings (SSSR count). The van der Waals surface area contributed by atoms with Crippen molar-refractivity contribution in [1.82, 2.24) is 0 Å². The Kier molecular flexibility index (Phi) is 6.58. The van der Waals surface area contributed by atoms with Crippen LogP contribution in [0.2, 0.25) is 0 Å². The number of hydrogen-bond acceptors (Lipinski definition) is 7. The smallest absolute Gasteiger partial charge is 0.355 e. The van der Waals surface area contributed by atoms with E-state index in [4.69, 9.17) is 4.74 Å². The maximum absolute atomic E-state index is 11.8. The van der Waals surface area contributed by atoms with Gasteiger partial charge >= 0.3 is 23.9 Å². The van der Waals surface area contributed by atoms with Gasteiger partial charge in [-0.2, -0.15) is 0 Å². The quantitative estimate of drug-likeness (QED) is 0.322. The molecule has 1 saturated carbocycles. The van der Waals surface area contributed by atoms with Gasteiger partial charge < -0.3 is 14.2 Å². The Balaban J connectivity index is 2.70. The van der Waals surface area contributed by atoms with Crippen molar-refractivity contribution in [3.05, 3.63) is 12.2 Å². The molecule has 0 aromatic heterocycles. The molecular weight excluding hydrogens is 280 g/mol. The fourth-order valence-corrected chi connectivity index (χ4v) is 2.17. The van der Waals surface area contributed by atoms with Crippen molar-refractivity contribution >= 4 is 23.9 Å². The first-order valence-corrected chi connectivity index (χ1v) is 6.63. The van der Waals surface area contributed by atoms with Gasteiger partial charge in [-0.05, 0) is 12.8 Å². The Morgan fingerprint density at radius 3 is 2.14 bits per heavy atom. The Bertz CT molecular complexity index is 446. The zero-order chi connectivity index (χ0) is 15.8. The summed E-state index contributed by atoms with van der Waals surface area (Å²) in [7, 11) is 1.17. The summed E-state index contributed by atoms with van der Waals surface area (Å²) < 4.78 is 13.9. The topological polar surface area (TPSA) is 96.0 Å². The third kappa shape index (κ3) is 5.76. The minimum atomic E-state index is -1.13. The van der Waals surface area contributed by atoms with Crippen molar-refractivity contribution in [2.75, 3.05) is 7.11 Å². The Labute approximate surface area is 122 Å². The fourth-order valence-electron chi connectivity index (χ4n) is 2.17. The predicted molar refractivity (Wildman–Crippen MR) is 69.8 cm³/mol. The average molecular weight is 298 g/mol. The van der Waals surface area contributed by atoms with Gasteiger partial charge in [-0.1, -0.05) is 12.8 Å². The highest BCUT2D eigenvalue weighted by atomic mass is 16.6. The lowest BCUT2D eigenvalue weighted by molar-refractivity contribution is -0.174. The van der Waals surface area contributed by atoms with E-state index < -0.39 is 30.0 Å². The van der Waals surface area contributed by atoms with Crippen molar-refractivity contribution in [3.63, 3.8) is 0 Å². The third-order valence-electron chi connectivity index (χ3n) is 3.10. The van der Waals surface area contributed by atoms with E-state index in [-0.39, 0.29) is 5.92 Å². The summed E-state index contributed by atoms with van der Waals surface area (Å²) in [6.07, 6.45) is 3.90. The van der Waals surface area contributed by atoms with Gasteiger partial charge in [0.1, 0.15) is 0 Å². The second-order valence-corrected chi connectivity index (χ2v) is 4.67. The second kappa shape index (κ2) is 8.18. The monoisotopic (exact) mass is 298 g/mol. The summed E-state index contributed by atoms with van der Waals surface area (Å²) in [5, 5.41) is 0. The lowest BCUT2D eigenvalue weighted by Crippen LogP contribution is -2.35. The molecule has 0 saturated heterocycles. The van der Waals surface area contributed by atoms with Gasteiger partial charge in [0, 0.05) is 25.0 Å². The van der Waals surface area contributed by atoms with Crippen molar-refractivity contribution < 1.29 is 33.4 Å². The van der Waals surface area contributed by atoms with Gasteiger partial charge in [-0.15, -0.1) is 0 Å². The molecule has 0 aromatic rings. The Morgan fingerprint density at radius 2 is 1.62 bits per heavy atom. The minimum absolute atomic E-state index is 0.174. The molecule has 0 spiro atoms. The normalized spacial score (nSPS) is 16.5. The standard InChI is InChI=1S/C14H18O7/c1-9(15)20-14(18)13(10-5-3-4-6-10)21-12(17)8-7-11(16)19-2/h7-8,10,13H,3-6H2,1-2H3/b8-7+. The number of ether oxygens (including phenoxy) is 3. The van der Waals surface area contributed by atoms with Gasteiger partial charge in [0.25, 0.3) is 0 Å². The van der Waals surface area contributed by atoms with E-state index in [1.165, 1.54) is 7.11 Å². The lowest BCUT2D eigenvalue weighted by atomic mass is 10.0. The summed E-state index contributed by atoms with van der Waals surface area (Å²) in [6, 6.07) is 0. The van der Waals surface area contributed by atoms with E-state index >= 15 is 0 Å². The van der Waals surface area contributed by atoms with Crippen molar-refractivity contribution in [2.24, 2.45) is 5.92 Å². The van der Waals surface area contributed by atoms with Crippen LogP contribution in [0.5, 0.6) is 0 Å². The van der Waals surface area contributed by atoms with Crippen molar-refractivity contribution in [1.29, 1.82) is 0 Å². The van der Waals surface area contributed by atoms with Crippen LogP contribution in [-0.4, -0.2) is 37.1 Å². The lowest BCUT2D eigenvalue weighted by Gasteiger charge is -2.20. The molecule has 1 fully saturated rings. The van der Waals surface area contributed by atoms with Crippen LogP contribution < -0.4 is 0 Å². The number of methoxy groups -OCH3 is 1. The molecule has 0 radical (unpaired) electrons. The number of esters is 4. The number of hydrogen-bond donors (Lipinski definition) is 0. The van der Waals surface area contributed by atoms with Crippen molar-refractivity contribution in [3.8, 4) is 0 Å². The Hall–Kier alpha value is -2.18. The SMILES string of the molecule is COC(=O)/C=C/C(=O)OC(C(=O)OC(C)=O)C1CCCC1. The fraction of sp³-hybridized carbons (Fsp3) is 0.571. The maximum atomic E-state index is 11.8. The molecule has 0 heterocycles. The second-order valence-electron chi connectivity index (χ2n) is 4.67. The third-order valence-corrected chi connectivity index (χ3v) is 3.10. The molecule has 1 atom stereocenters. The average Bonchev–Trinajstić information content (AvgIpc) is 2.94. The molecule has 0 bridgehead atoms. The Morgan fingerprint density at radius 1 is 1.05 bits per heavy atom. The van der Waals surface area contributed by atoms with Crippen LogP contribution in [-0.2, 0) is 33.4 Å². The van der Waals surface area contributed by atoms with Gasteiger partial charge in [0.05, 0.1) is 7.11 Å². The molecular formula is C14H18O7. The first-order valence-electron chi connectivity index (χ1n) is 6.63. The van der Waals surface area contributed by atoms with Crippen LogP contribution in [0.4, 0.5) is 0 Å². The van der Waals surface area contributed by atoms with E-state index in [2.05, 4.69) is 9.47 Å². The summed E-state index contributed by atoms with van der Waals surface area (Å²) in [4.78, 5) is 45.2. The molecule has 0 N–H and O–H groups in total. The van der Waals surface area contributed by atoms with Crippen LogP contribution in [0.25, 0.3) is 0 Å². The highest BCUT2D eigenvalue weighted by molar-refractivity contribution is 5.93. The molecule has 1 unspecified atom stereocenters. The largest absolute Gasteiger partial charge is 0.466 e. The molecule has 7 nitrogen and oxygen atoms in total. The first-order chi connectivity index (χ1) is 9.93. The van der Waals surface area contributed by atoms with E-state index in [0.717, 1.165) is 31.9 Å². The molecule has 116 valence electrons. The molecule has 1 aliphatic rings. The van der Waals surface area contributed by atoms with Gasteiger partial charge in [-0.25, -0.2) is 14.4 Å². The van der Waals surface area contributed by atoms with Crippen LogP contribution in [0.1, 0.15) is 32.6 Å². The van der Waals surface area contributed by atoms with E-state index in [1.54, 1.807) is 0 Å². The molecule has 7 heteroatoms. The first kappa shape index (κ1) is 16.9. The van der Waals surface area contributed by atoms with Crippen LogP contribution in [0, 0.1) is 5.92 Å². The van der Waals surface area contributed by atoms with Crippen LogP contribution in [0.15, 0.2) is 12.2 Å². The predicted octanol–water partition coefficient (Wildman–Crippen LogP) is 0.907. The zero-order valence-electron chi connectivity index (χ0n) is 12.0. The minimum Gasteiger partial charge on any atom is -0.466 e. The van der Waals surface area contributed by atoms with E-state index in [9.17, 15) is 19.2 Å². The van der Waals surface area contributed by atoms with E-state index in [1.807, 2.05) is 0 Å². The van der Waals surface area contributed by atoms with Crippen molar-refractivity contribution in [2.45, 2.75) is 38.7 Å². The highest BCUT2D eigenvalue weighted by Crippen LogP contribution is 2.30. The molecule has 0 amide bonds. The van der Waals surface area contributed by atoms with Crippen LogP contribution in [0.3, 0.4) is 0 Å². The highest BCUT2D eigenvalue weighted by Gasteiger charge is 2.35. The summed E-state index contributed by atoms with van der Waals surface area (Å²) in [6.45, 7) is 1.10. The molecule has 21 heavy (non-hydrogen) atoms. The molecule has 0 aliphatic heterocycles. The van der Waals surface area contributed by atoms with E-state index in [0.29, 0.717) is 12.8 Å².